The molecule has 2 fully saturated rings. The van der Waals surface area contributed by atoms with Crippen molar-refractivity contribution in [1.82, 2.24) is 0 Å². The van der Waals surface area contributed by atoms with Gasteiger partial charge in [0, 0.05) is 0 Å². The molecule has 176 valence electrons. The number of alkyl halides is 3. The number of halogens is 3. The van der Waals surface area contributed by atoms with Gasteiger partial charge in [0.2, 0.25) is 0 Å². The maximum absolute atomic E-state index is 12.3. The predicted octanol–water partition coefficient (Wildman–Crippen LogP) is 9.27. The highest BCUT2D eigenvalue weighted by Crippen LogP contribution is 2.42. The minimum atomic E-state index is -4.62. The van der Waals surface area contributed by atoms with E-state index in [4.69, 9.17) is 0 Å². The SMILES string of the molecule is CCCCCC1CCC(C(C)CC2CCC(c3ccc(OC(F)(F)F)cc3)CC2)CC1. The lowest BCUT2D eigenvalue weighted by Crippen LogP contribution is -2.23. The average Bonchev–Trinajstić information content (AvgIpc) is 2.74. The summed E-state index contributed by atoms with van der Waals surface area (Å²) in [5.74, 6) is 3.90. The maximum Gasteiger partial charge on any atom is 0.573 e. The second-order valence-electron chi connectivity index (χ2n) is 10.3. The summed E-state index contributed by atoms with van der Waals surface area (Å²) < 4.78 is 41.0. The number of hydrogen-bond acceptors (Lipinski definition) is 1. The number of hydrogen-bond donors (Lipinski definition) is 0. The van der Waals surface area contributed by atoms with Crippen LogP contribution in [0.1, 0.15) is 109 Å². The van der Waals surface area contributed by atoms with E-state index in [-0.39, 0.29) is 5.75 Å². The van der Waals surface area contributed by atoms with Gasteiger partial charge >= 0.3 is 6.36 Å². The molecule has 0 aromatic heterocycles. The molecular formula is C27H41F3O. The first-order valence-electron chi connectivity index (χ1n) is 12.7. The van der Waals surface area contributed by atoms with Crippen molar-refractivity contribution in [3.05, 3.63) is 29.8 Å². The Bertz CT molecular complexity index is 623. The van der Waals surface area contributed by atoms with E-state index in [2.05, 4.69) is 18.6 Å². The molecule has 0 N–H and O–H groups in total. The summed E-state index contributed by atoms with van der Waals surface area (Å²) in [6, 6.07) is 6.53. The molecule has 0 heterocycles. The molecule has 0 aliphatic heterocycles. The zero-order valence-electron chi connectivity index (χ0n) is 19.4. The highest BCUT2D eigenvalue weighted by atomic mass is 19.4. The van der Waals surface area contributed by atoms with Crippen molar-refractivity contribution in [3.63, 3.8) is 0 Å². The summed E-state index contributed by atoms with van der Waals surface area (Å²) in [6.07, 6.45) is 12.9. The Morgan fingerprint density at radius 1 is 0.871 bits per heavy atom. The van der Waals surface area contributed by atoms with Crippen molar-refractivity contribution < 1.29 is 17.9 Å². The van der Waals surface area contributed by atoms with E-state index in [1.165, 1.54) is 82.8 Å². The van der Waals surface area contributed by atoms with Crippen LogP contribution in [0.5, 0.6) is 5.75 Å². The molecule has 3 rings (SSSR count). The highest BCUT2D eigenvalue weighted by molar-refractivity contribution is 5.29. The van der Waals surface area contributed by atoms with Gasteiger partial charge in [0.25, 0.3) is 0 Å². The Balaban J connectivity index is 1.37. The number of rotatable bonds is 9. The molecule has 31 heavy (non-hydrogen) atoms. The summed E-state index contributed by atoms with van der Waals surface area (Å²) in [5, 5.41) is 0. The third-order valence-corrected chi connectivity index (χ3v) is 8.05. The lowest BCUT2D eigenvalue weighted by atomic mass is 9.70. The van der Waals surface area contributed by atoms with Crippen molar-refractivity contribution in [1.29, 1.82) is 0 Å². The van der Waals surface area contributed by atoms with Crippen LogP contribution in [0.15, 0.2) is 24.3 Å². The summed E-state index contributed by atoms with van der Waals surface area (Å²) >= 11 is 0. The lowest BCUT2D eigenvalue weighted by molar-refractivity contribution is -0.274. The van der Waals surface area contributed by atoms with Crippen LogP contribution in [0.25, 0.3) is 0 Å². The van der Waals surface area contributed by atoms with Crippen LogP contribution in [0.2, 0.25) is 0 Å². The molecule has 1 atom stereocenters. The maximum atomic E-state index is 12.3. The van der Waals surface area contributed by atoms with Crippen molar-refractivity contribution >= 4 is 0 Å². The van der Waals surface area contributed by atoms with E-state index in [1.54, 1.807) is 0 Å². The van der Waals surface area contributed by atoms with Crippen LogP contribution in [0.3, 0.4) is 0 Å². The molecule has 2 aliphatic carbocycles. The Kier molecular flexibility index (Phi) is 9.16. The molecule has 0 bridgehead atoms. The van der Waals surface area contributed by atoms with Crippen molar-refractivity contribution in [2.24, 2.45) is 23.7 Å². The Hall–Kier alpha value is -1.19. The van der Waals surface area contributed by atoms with Crippen LogP contribution in [-0.4, -0.2) is 6.36 Å². The summed E-state index contributed by atoms with van der Waals surface area (Å²) in [4.78, 5) is 0. The summed E-state index contributed by atoms with van der Waals surface area (Å²) in [5.41, 5.74) is 1.16. The van der Waals surface area contributed by atoms with E-state index in [0.29, 0.717) is 5.92 Å². The normalized spacial score (nSPS) is 28.3. The van der Waals surface area contributed by atoms with E-state index in [9.17, 15) is 13.2 Å². The molecule has 4 heteroatoms. The molecule has 1 nitrogen and oxygen atoms in total. The van der Waals surface area contributed by atoms with Crippen LogP contribution in [0, 0.1) is 23.7 Å². The van der Waals surface area contributed by atoms with Crippen molar-refractivity contribution in [2.75, 3.05) is 0 Å². The topological polar surface area (TPSA) is 9.23 Å². The summed E-state index contributed by atoms with van der Waals surface area (Å²) in [7, 11) is 0. The van der Waals surface area contributed by atoms with Crippen molar-refractivity contribution in [3.8, 4) is 5.75 Å². The Morgan fingerprint density at radius 3 is 2.06 bits per heavy atom. The molecule has 1 aromatic rings. The van der Waals surface area contributed by atoms with Crippen LogP contribution in [0.4, 0.5) is 13.2 Å². The van der Waals surface area contributed by atoms with Gasteiger partial charge < -0.3 is 4.74 Å². The van der Waals surface area contributed by atoms with E-state index in [1.807, 2.05) is 12.1 Å². The average molecular weight is 439 g/mol. The monoisotopic (exact) mass is 438 g/mol. The molecule has 0 amide bonds. The largest absolute Gasteiger partial charge is 0.573 e. The fourth-order valence-electron chi connectivity index (χ4n) is 6.12. The molecule has 2 aliphatic rings. The molecule has 0 spiro atoms. The van der Waals surface area contributed by atoms with Gasteiger partial charge in [-0.15, -0.1) is 13.2 Å². The third-order valence-electron chi connectivity index (χ3n) is 8.05. The van der Waals surface area contributed by atoms with Gasteiger partial charge in [-0.05, 0) is 92.2 Å². The Labute approximate surface area is 187 Å². The van der Waals surface area contributed by atoms with Gasteiger partial charge in [-0.3, -0.25) is 0 Å². The minimum absolute atomic E-state index is 0.126. The predicted molar refractivity (Wildman–Crippen MR) is 121 cm³/mol. The fourth-order valence-corrected chi connectivity index (χ4v) is 6.12. The zero-order valence-corrected chi connectivity index (χ0v) is 19.4. The second kappa shape index (κ2) is 11.6. The van der Waals surface area contributed by atoms with Crippen molar-refractivity contribution in [2.45, 2.75) is 110 Å². The molecular weight excluding hydrogens is 397 g/mol. The van der Waals surface area contributed by atoms with Crippen LogP contribution >= 0.6 is 0 Å². The second-order valence-corrected chi connectivity index (χ2v) is 10.3. The molecule has 0 saturated heterocycles. The first-order chi connectivity index (χ1) is 14.8. The number of unbranched alkanes of at least 4 members (excludes halogenated alkanes) is 2. The lowest BCUT2D eigenvalue weighted by Gasteiger charge is -2.36. The summed E-state index contributed by atoms with van der Waals surface area (Å²) in [6.45, 7) is 4.77. The van der Waals surface area contributed by atoms with E-state index in [0.717, 1.165) is 42.1 Å². The van der Waals surface area contributed by atoms with Gasteiger partial charge in [-0.2, -0.15) is 0 Å². The minimum Gasteiger partial charge on any atom is -0.406 e. The number of ether oxygens (including phenoxy) is 1. The standard InChI is InChI=1S/C27H41F3O/c1-3-4-5-6-21-7-11-23(12-8-21)20(2)19-22-9-13-24(14-10-22)25-15-17-26(18-16-25)31-27(28,29)30/h15-18,20-24H,3-14,19H2,1-2H3. The first-order valence-corrected chi connectivity index (χ1v) is 12.7. The first kappa shape index (κ1) is 24.5. The molecule has 1 aromatic carbocycles. The molecule has 0 radical (unpaired) electrons. The van der Waals surface area contributed by atoms with Gasteiger partial charge in [0.15, 0.2) is 0 Å². The quantitative estimate of drug-likeness (QED) is 0.349. The smallest absolute Gasteiger partial charge is 0.406 e. The van der Waals surface area contributed by atoms with Gasteiger partial charge in [0.05, 0.1) is 0 Å². The van der Waals surface area contributed by atoms with Gasteiger partial charge in [-0.1, -0.05) is 64.5 Å². The fraction of sp³-hybridized carbons (Fsp3) is 0.778. The highest BCUT2D eigenvalue weighted by Gasteiger charge is 2.32. The van der Waals surface area contributed by atoms with E-state index >= 15 is 0 Å². The van der Waals surface area contributed by atoms with E-state index < -0.39 is 6.36 Å². The Morgan fingerprint density at radius 2 is 1.48 bits per heavy atom. The van der Waals surface area contributed by atoms with Crippen LogP contribution in [-0.2, 0) is 0 Å². The zero-order chi connectivity index (χ0) is 22.3. The number of benzene rings is 1. The molecule has 1 unspecified atom stereocenters. The third kappa shape index (κ3) is 8.02. The van der Waals surface area contributed by atoms with Crippen LogP contribution < -0.4 is 4.74 Å². The van der Waals surface area contributed by atoms with Gasteiger partial charge in [0.1, 0.15) is 5.75 Å². The molecule has 2 saturated carbocycles. The van der Waals surface area contributed by atoms with Gasteiger partial charge in [-0.25, -0.2) is 0 Å².